The lowest BCUT2D eigenvalue weighted by Crippen LogP contribution is -2.16. The quantitative estimate of drug-likeness (QED) is 0.393. The van der Waals surface area contributed by atoms with Crippen LogP contribution in [0.15, 0.2) is 77.2 Å². The van der Waals surface area contributed by atoms with Gasteiger partial charge in [-0.3, -0.25) is 4.79 Å². The Labute approximate surface area is 176 Å². The van der Waals surface area contributed by atoms with Crippen LogP contribution in [0, 0.1) is 6.92 Å². The molecule has 4 nitrogen and oxygen atoms in total. The summed E-state index contributed by atoms with van der Waals surface area (Å²) < 4.78 is 11.9. The van der Waals surface area contributed by atoms with E-state index in [4.69, 9.17) is 9.15 Å². The van der Waals surface area contributed by atoms with Gasteiger partial charge >= 0.3 is 0 Å². The minimum absolute atomic E-state index is 0.245. The largest absolute Gasteiger partial charge is 0.489 e. The van der Waals surface area contributed by atoms with Crippen molar-refractivity contribution in [1.82, 2.24) is 0 Å². The van der Waals surface area contributed by atoms with Gasteiger partial charge in [0.25, 0.3) is 5.91 Å². The summed E-state index contributed by atoms with van der Waals surface area (Å²) in [6, 6.07) is 23.3. The molecule has 1 N–H and O–H groups in total. The molecule has 0 aliphatic rings. The van der Waals surface area contributed by atoms with Gasteiger partial charge in [-0.1, -0.05) is 68.4 Å². The summed E-state index contributed by atoms with van der Waals surface area (Å²) in [6.07, 6.45) is 0. The number of fused-ring (bicyclic) bond motifs is 1. The molecule has 4 heteroatoms. The Morgan fingerprint density at radius 3 is 2.47 bits per heavy atom. The lowest BCUT2D eigenvalue weighted by molar-refractivity contribution is 0.0995. The summed E-state index contributed by atoms with van der Waals surface area (Å²) in [5.74, 6) is 1.05. The SMILES string of the molecule is Cc1cccc(C(C)C)c1NC(=O)c1oc2ccccc2c1COc1ccccc1. The van der Waals surface area contributed by atoms with Crippen LogP contribution in [0.1, 0.15) is 47.0 Å². The number of carbonyl (C=O) groups excluding carboxylic acids is 1. The van der Waals surface area contributed by atoms with E-state index < -0.39 is 0 Å². The maximum atomic E-state index is 13.3. The number of rotatable bonds is 6. The van der Waals surface area contributed by atoms with E-state index in [1.54, 1.807) is 0 Å². The molecular formula is C26H25NO3. The fourth-order valence-electron chi connectivity index (χ4n) is 3.61. The number of anilines is 1. The van der Waals surface area contributed by atoms with Crippen molar-refractivity contribution >= 4 is 22.6 Å². The summed E-state index contributed by atoms with van der Waals surface area (Å²) >= 11 is 0. The van der Waals surface area contributed by atoms with Crippen LogP contribution in [0.5, 0.6) is 5.75 Å². The second kappa shape index (κ2) is 8.46. The van der Waals surface area contributed by atoms with Crippen molar-refractivity contribution in [3.63, 3.8) is 0 Å². The minimum atomic E-state index is -0.269. The van der Waals surface area contributed by atoms with Gasteiger partial charge in [0.1, 0.15) is 17.9 Å². The van der Waals surface area contributed by atoms with Crippen LogP contribution in [-0.2, 0) is 6.61 Å². The molecule has 1 aromatic heterocycles. The van der Waals surface area contributed by atoms with Crippen molar-refractivity contribution in [3.05, 3.63) is 95.2 Å². The highest BCUT2D eigenvalue weighted by Crippen LogP contribution is 2.31. The predicted molar refractivity (Wildman–Crippen MR) is 120 cm³/mol. The zero-order valence-corrected chi connectivity index (χ0v) is 17.4. The van der Waals surface area contributed by atoms with E-state index in [0.717, 1.165) is 33.5 Å². The number of ether oxygens (including phenoxy) is 1. The highest BCUT2D eigenvalue weighted by Gasteiger charge is 2.23. The van der Waals surface area contributed by atoms with Crippen molar-refractivity contribution in [2.75, 3.05) is 5.32 Å². The van der Waals surface area contributed by atoms with Crippen molar-refractivity contribution < 1.29 is 13.9 Å². The highest BCUT2D eigenvalue weighted by molar-refractivity contribution is 6.07. The molecule has 0 saturated heterocycles. The molecular weight excluding hydrogens is 374 g/mol. The summed E-state index contributed by atoms with van der Waals surface area (Å²) in [4.78, 5) is 13.3. The Kier molecular flexibility index (Phi) is 5.57. The van der Waals surface area contributed by atoms with Crippen LogP contribution < -0.4 is 10.1 Å². The molecule has 4 aromatic rings. The first-order valence-electron chi connectivity index (χ1n) is 10.1. The van der Waals surface area contributed by atoms with Gasteiger partial charge in [0.05, 0.1) is 0 Å². The Morgan fingerprint density at radius 2 is 1.70 bits per heavy atom. The molecule has 3 aromatic carbocycles. The third-order valence-corrected chi connectivity index (χ3v) is 5.20. The molecule has 1 heterocycles. The van der Waals surface area contributed by atoms with E-state index in [1.807, 2.05) is 79.7 Å². The number of furan rings is 1. The van der Waals surface area contributed by atoms with Crippen LogP contribution in [0.4, 0.5) is 5.69 Å². The summed E-state index contributed by atoms with van der Waals surface area (Å²) in [6.45, 7) is 6.48. The van der Waals surface area contributed by atoms with E-state index in [1.165, 1.54) is 0 Å². The molecule has 30 heavy (non-hydrogen) atoms. The summed E-state index contributed by atoms with van der Waals surface area (Å²) in [7, 11) is 0. The predicted octanol–water partition coefficient (Wildman–Crippen LogP) is 6.70. The fourth-order valence-corrected chi connectivity index (χ4v) is 3.61. The van der Waals surface area contributed by atoms with Gasteiger partial charge in [0.15, 0.2) is 5.76 Å². The Hall–Kier alpha value is -3.53. The average molecular weight is 399 g/mol. The van der Waals surface area contributed by atoms with Gasteiger partial charge in [0, 0.05) is 16.6 Å². The number of hydrogen-bond acceptors (Lipinski definition) is 3. The topological polar surface area (TPSA) is 51.5 Å². The second-order valence-electron chi connectivity index (χ2n) is 7.66. The molecule has 1 amide bonds. The Morgan fingerprint density at radius 1 is 0.967 bits per heavy atom. The number of amides is 1. The molecule has 0 radical (unpaired) electrons. The summed E-state index contributed by atoms with van der Waals surface area (Å²) in [5, 5.41) is 3.97. The van der Waals surface area contributed by atoms with E-state index in [9.17, 15) is 4.79 Å². The van der Waals surface area contributed by atoms with Gasteiger partial charge in [0.2, 0.25) is 0 Å². The molecule has 0 unspecified atom stereocenters. The second-order valence-corrected chi connectivity index (χ2v) is 7.66. The van der Waals surface area contributed by atoms with E-state index >= 15 is 0 Å². The van der Waals surface area contributed by atoms with Gasteiger partial charge in [-0.25, -0.2) is 0 Å². The number of benzene rings is 3. The van der Waals surface area contributed by atoms with E-state index in [-0.39, 0.29) is 24.2 Å². The fraction of sp³-hybridized carbons (Fsp3) is 0.192. The first-order chi connectivity index (χ1) is 14.5. The van der Waals surface area contributed by atoms with Crippen LogP contribution in [0.3, 0.4) is 0 Å². The standard InChI is InChI=1S/C26H25NO3/c1-17(2)20-14-9-10-18(3)24(20)27-26(28)25-22(16-29-19-11-5-4-6-12-19)21-13-7-8-15-23(21)30-25/h4-15,17H,16H2,1-3H3,(H,27,28). The number of hydrogen-bond donors (Lipinski definition) is 1. The number of aryl methyl sites for hydroxylation is 1. The van der Waals surface area contributed by atoms with Gasteiger partial charge in [-0.15, -0.1) is 0 Å². The van der Waals surface area contributed by atoms with Gasteiger partial charge < -0.3 is 14.5 Å². The number of para-hydroxylation sites is 3. The average Bonchev–Trinajstić information content (AvgIpc) is 3.13. The maximum Gasteiger partial charge on any atom is 0.291 e. The number of carbonyl (C=O) groups is 1. The zero-order valence-electron chi connectivity index (χ0n) is 17.4. The normalized spacial score (nSPS) is 11.1. The lowest BCUT2D eigenvalue weighted by atomic mass is 9.98. The highest BCUT2D eigenvalue weighted by atomic mass is 16.5. The molecule has 0 aliphatic heterocycles. The third-order valence-electron chi connectivity index (χ3n) is 5.20. The van der Waals surface area contributed by atoms with E-state index in [0.29, 0.717) is 5.58 Å². The number of nitrogens with one attached hydrogen (secondary N) is 1. The Balaban J connectivity index is 1.69. The first-order valence-corrected chi connectivity index (χ1v) is 10.1. The van der Waals surface area contributed by atoms with Crippen molar-refractivity contribution in [1.29, 1.82) is 0 Å². The van der Waals surface area contributed by atoms with Gasteiger partial charge in [-0.05, 0) is 42.2 Å². The van der Waals surface area contributed by atoms with Gasteiger partial charge in [-0.2, -0.15) is 0 Å². The minimum Gasteiger partial charge on any atom is -0.489 e. The van der Waals surface area contributed by atoms with Crippen molar-refractivity contribution in [2.24, 2.45) is 0 Å². The zero-order chi connectivity index (χ0) is 21.1. The molecule has 152 valence electrons. The van der Waals surface area contributed by atoms with E-state index in [2.05, 4.69) is 19.2 Å². The van der Waals surface area contributed by atoms with Crippen LogP contribution in [-0.4, -0.2) is 5.91 Å². The van der Waals surface area contributed by atoms with Crippen molar-refractivity contribution in [3.8, 4) is 5.75 Å². The van der Waals surface area contributed by atoms with Crippen LogP contribution in [0.25, 0.3) is 11.0 Å². The molecule has 0 aliphatic carbocycles. The lowest BCUT2D eigenvalue weighted by Gasteiger charge is -2.16. The van der Waals surface area contributed by atoms with Crippen molar-refractivity contribution in [2.45, 2.75) is 33.3 Å². The monoisotopic (exact) mass is 399 g/mol. The smallest absolute Gasteiger partial charge is 0.291 e. The summed E-state index contributed by atoms with van der Waals surface area (Å²) in [5.41, 5.74) is 4.37. The van der Waals surface area contributed by atoms with Crippen LogP contribution >= 0.6 is 0 Å². The molecule has 4 rings (SSSR count). The molecule has 0 saturated carbocycles. The third kappa shape index (κ3) is 3.94. The molecule has 0 bridgehead atoms. The maximum absolute atomic E-state index is 13.3. The van der Waals surface area contributed by atoms with Crippen LogP contribution in [0.2, 0.25) is 0 Å². The molecule has 0 atom stereocenters. The molecule has 0 fully saturated rings. The Bertz CT molecular complexity index is 1180. The first kappa shape index (κ1) is 19.8. The molecule has 0 spiro atoms.